The Morgan fingerprint density at radius 2 is 1.88 bits per heavy atom. The lowest BCUT2D eigenvalue weighted by Gasteiger charge is -2.14. The average molecular weight is 429 g/mol. The summed E-state index contributed by atoms with van der Waals surface area (Å²) >= 11 is 0. The van der Waals surface area contributed by atoms with E-state index in [1.54, 1.807) is 48.5 Å². The van der Waals surface area contributed by atoms with Crippen molar-refractivity contribution in [1.29, 1.82) is 0 Å². The molecule has 7 heteroatoms. The molecule has 2 amide bonds. The molecule has 3 N–H and O–H groups in total. The highest BCUT2D eigenvalue weighted by Crippen LogP contribution is 2.27. The molecule has 0 radical (unpaired) electrons. The summed E-state index contributed by atoms with van der Waals surface area (Å²) in [5, 5.41) is 3.76. The third-order valence-corrected chi connectivity index (χ3v) is 5.10. The number of furan rings is 1. The molecule has 0 aliphatic rings. The number of nitrogen functional groups attached to an aromatic ring is 1. The van der Waals surface area contributed by atoms with E-state index in [2.05, 4.69) is 5.32 Å². The molecular formula is C25H23N3O4. The Morgan fingerprint density at radius 3 is 2.59 bits per heavy atom. The summed E-state index contributed by atoms with van der Waals surface area (Å²) in [4.78, 5) is 25.4. The number of hydrogen-bond donors (Lipinski definition) is 2. The van der Waals surface area contributed by atoms with Crippen LogP contribution in [-0.2, 0) is 4.79 Å². The topological polar surface area (TPSA) is 97.8 Å². The molecule has 162 valence electrons. The van der Waals surface area contributed by atoms with E-state index in [0.717, 1.165) is 22.9 Å². The number of nitrogens with one attached hydrogen (secondary N) is 1. The van der Waals surface area contributed by atoms with Gasteiger partial charge in [0.1, 0.15) is 17.9 Å². The summed E-state index contributed by atoms with van der Waals surface area (Å²) < 4.78 is 11.5. The highest BCUT2D eigenvalue weighted by atomic mass is 16.5. The van der Waals surface area contributed by atoms with Crippen molar-refractivity contribution in [3.8, 4) is 5.75 Å². The van der Waals surface area contributed by atoms with Crippen LogP contribution < -0.4 is 20.7 Å². The summed E-state index contributed by atoms with van der Waals surface area (Å²) in [6, 6.07) is 21.5. The monoisotopic (exact) mass is 429 g/mol. The third-order valence-electron chi connectivity index (χ3n) is 5.10. The maximum atomic E-state index is 12.4. The average Bonchev–Trinajstić information content (AvgIpc) is 3.24. The lowest BCUT2D eigenvalue weighted by atomic mass is 10.1. The van der Waals surface area contributed by atoms with Crippen LogP contribution in [0, 0.1) is 6.92 Å². The zero-order chi connectivity index (χ0) is 22.5. The van der Waals surface area contributed by atoms with E-state index >= 15 is 0 Å². The van der Waals surface area contributed by atoms with E-state index in [9.17, 15) is 9.59 Å². The molecule has 4 aromatic rings. The second-order valence-corrected chi connectivity index (χ2v) is 7.28. The Kier molecular flexibility index (Phi) is 6.07. The van der Waals surface area contributed by atoms with Crippen LogP contribution in [0.5, 0.6) is 5.75 Å². The van der Waals surface area contributed by atoms with E-state index in [1.165, 1.54) is 4.90 Å². The standard InChI is InChI=1S/C25H23N3O4/c1-17-5-4-8-23-20(17)15-24(32-23)28(16-29)13-14-31-19-11-9-18(10-12-19)25(30)27-22-7-3-2-6-21(22)26/h2-12,15-16H,13-14,26H2,1H3,(H,27,30). The Labute approximate surface area is 185 Å². The van der Waals surface area contributed by atoms with Gasteiger partial charge in [0.2, 0.25) is 12.3 Å². The molecule has 0 unspecified atom stereocenters. The number of fused-ring (bicyclic) bond motifs is 1. The molecule has 0 atom stereocenters. The molecule has 0 bridgehead atoms. The largest absolute Gasteiger partial charge is 0.492 e. The molecule has 3 aromatic carbocycles. The van der Waals surface area contributed by atoms with Crippen molar-refractivity contribution in [2.45, 2.75) is 6.92 Å². The predicted octanol–water partition coefficient (Wildman–Crippen LogP) is 4.62. The van der Waals surface area contributed by atoms with Crippen molar-refractivity contribution in [3.05, 3.63) is 83.9 Å². The normalized spacial score (nSPS) is 10.7. The maximum Gasteiger partial charge on any atom is 0.255 e. The number of carbonyl (C=O) groups excluding carboxylic acids is 2. The van der Waals surface area contributed by atoms with Crippen LogP contribution in [0.2, 0.25) is 0 Å². The van der Waals surface area contributed by atoms with E-state index in [0.29, 0.717) is 35.1 Å². The highest BCUT2D eigenvalue weighted by Gasteiger charge is 2.13. The molecule has 1 aromatic heterocycles. The van der Waals surface area contributed by atoms with Crippen molar-refractivity contribution < 1.29 is 18.7 Å². The highest BCUT2D eigenvalue weighted by molar-refractivity contribution is 6.05. The fourth-order valence-corrected chi connectivity index (χ4v) is 3.32. The summed E-state index contributed by atoms with van der Waals surface area (Å²) in [5.41, 5.74) is 9.22. The summed E-state index contributed by atoms with van der Waals surface area (Å²) in [5.74, 6) is 0.800. The predicted molar refractivity (Wildman–Crippen MR) is 125 cm³/mol. The van der Waals surface area contributed by atoms with Crippen LogP contribution in [0.25, 0.3) is 11.0 Å². The molecule has 32 heavy (non-hydrogen) atoms. The molecule has 0 saturated heterocycles. The minimum atomic E-state index is -0.262. The van der Waals surface area contributed by atoms with Gasteiger partial charge in [-0.3, -0.25) is 14.5 Å². The smallest absolute Gasteiger partial charge is 0.255 e. The molecule has 0 aliphatic carbocycles. The number of nitrogens with zero attached hydrogens (tertiary/aromatic N) is 1. The Balaban J connectivity index is 1.34. The molecule has 0 fully saturated rings. The fraction of sp³-hybridized carbons (Fsp3) is 0.120. The lowest BCUT2D eigenvalue weighted by Crippen LogP contribution is -2.26. The second-order valence-electron chi connectivity index (χ2n) is 7.28. The quantitative estimate of drug-likeness (QED) is 0.315. The number of amides is 2. The lowest BCUT2D eigenvalue weighted by molar-refractivity contribution is -0.107. The van der Waals surface area contributed by atoms with E-state index in [1.807, 2.05) is 31.2 Å². The van der Waals surface area contributed by atoms with Crippen molar-refractivity contribution in [2.24, 2.45) is 0 Å². The first kappa shape index (κ1) is 21.0. The van der Waals surface area contributed by atoms with Crippen LogP contribution >= 0.6 is 0 Å². The van der Waals surface area contributed by atoms with Crippen LogP contribution in [0.3, 0.4) is 0 Å². The molecule has 0 aliphatic heterocycles. The van der Waals surface area contributed by atoms with Gasteiger partial charge < -0.3 is 20.2 Å². The van der Waals surface area contributed by atoms with Crippen molar-refractivity contribution in [3.63, 3.8) is 0 Å². The molecule has 0 saturated carbocycles. The SMILES string of the molecule is Cc1cccc2oc(N(C=O)CCOc3ccc(C(=O)Nc4ccccc4N)cc3)cc12. The summed E-state index contributed by atoms with van der Waals surface area (Å²) in [7, 11) is 0. The number of hydrogen-bond acceptors (Lipinski definition) is 5. The number of anilines is 3. The third kappa shape index (κ3) is 4.57. The summed E-state index contributed by atoms with van der Waals surface area (Å²) in [6.07, 6.45) is 0.721. The molecule has 1 heterocycles. The Bertz CT molecular complexity index is 1250. The number of para-hydroxylation sites is 2. The maximum absolute atomic E-state index is 12.4. The zero-order valence-electron chi connectivity index (χ0n) is 17.6. The number of ether oxygens (including phenoxy) is 1. The molecule has 4 rings (SSSR count). The minimum Gasteiger partial charge on any atom is -0.492 e. The van der Waals surface area contributed by atoms with Gasteiger partial charge in [0.15, 0.2) is 0 Å². The van der Waals surface area contributed by atoms with Gasteiger partial charge in [-0.2, -0.15) is 0 Å². The number of rotatable bonds is 8. The van der Waals surface area contributed by atoms with Crippen LogP contribution in [-0.4, -0.2) is 25.5 Å². The van der Waals surface area contributed by atoms with Crippen LogP contribution in [0.15, 0.2) is 77.2 Å². The van der Waals surface area contributed by atoms with Gasteiger partial charge in [0.25, 0.3) is 5.91 Å². The van der Waals surface area contributed by atoms with Gasteiger partial charge in [-0.1, -0.05) is 24.3 Å². The second kappa shape index (κ2) is 9.26. The van der Waals surface area contributed by atoms with Gasteiger partial charge >= 0.3 is 0 Å². The number of carbonyl (C=O) groups is 2. The van der Waals surface area contributed by atoms with Gasteiger partial charge in [-0.15, -0.1) is 0 Å². The first-order chi connectivity index (χ1) is 15.5. The Hall–Kier alpha value is -4.26. The minimum absolute atomic E-state index is 0.262. The fourth-order valence-electron chi connectivity index (χ4n) is 3.32. The van der Waals surface area contributed by atoms with Crippen LogP contribution in [0.1, 0.15) is 15.9 Å². The number of benzene rings is 3. The van der Waals surface area contributed by atoms with Crippen LogP contribution in [0.4, 0.5) is 17.3 Å². The number of aryl methyl sites for hydroxylation is 1. The van der Waals surface area contributed by atoms with E-state index in [4.69, 9.17) is 14.9 Å². The van der Waals surface area contributed by atoms with Gasteiger partial charge in [-0.25, -0.2) is 0 Å². The van der Waals surface area contributed by atoms with E-state index in [-0.39, 0.29) is 12.5 Å². The summed E-state index contributed by atoms with van der Waals surface area (Å²) in [6.45, 7) is 2.58. The van der Waals surface area contributed by atoms with E-state index < -0.39 is 0 Å². The molecule has 7 nitrogen and oxygen atoms in total. The zero-order valence-corrected chi connectivity index (χ0v) is 17.6. The molecule has 0 spiro atoms. The van der Waals surface area contributed by atoms with Crippen molar-refractivity contribution >= 4 is 40.5 Å². The molecular weight excluding hydrogens is 406 g/mol. The van der Waals surface area contributed by atoms with Crippen molar-refractivity contribution in [2.75, 3.05) is 29.1 Å². The van der Waals surface area contributed by atoms with Gasteiger partial charge in [0, 0.05) is 17.0 Å². The number of nitrogens with two attached hydrogens (primary N) is 1. The van der Waals surface area contributed by atoms with Gasteiger partial charge in [0.05, 0.1) is 17.9 Å². The first-order valence-electron chi connectivity index (χ1n) is 10.1. The Morgan fingerprint density at radius 1 is 1.09 bits per heavy atom. The van der Waals surface area contributed by atoms with Crippen molar-refractivity contribution in [1.82, 2.24) is 0 Å². The first-order valence-corrected chi connectivity index (χ1v) is 10.1. The van der Waals surface area contributed by atoms with Gasteiger partial charge in [-0.05, 0) is 55.0 Å².